The molecule has 0 amide bonds. The van der Waals surface area contributed by atoms with Crippen LogP contribution in [0.5, 0.6) is 0 Å². The van der Waals surface area contributed by atoms with Crippen molar-refractivity contribution in [3.63, 3.8) is 0 Å². The van der Waals surface area contributed by atoms with Gasteiger partial charge in [0.1, 0.15) is 11.6 Å². The molecule has 0 saturated carbocycles. The lowest BCUT2D eigenvalue weighted by Crippen LogP contribution is -1.97. The smallest absolute Gasteiger partial charge is 0.137 e. The van der Waals surface area contributed by atoms with Crippen LogP contribution in [0.4, 0.5) is 0 Å². The van der Waals surface area contributed by atoms with Crippen molar-refractivity contribution >= 4 is 67.1 Å². The van der Waals surface area contributed by atoms with E-state index in [1.54, 1.807) is 23.5 Å². The molecule has 0 radical (unpaired) electrons. The lowest BCUT2D eigenvalue weighted by Gasteiger charge is -2.10. The summed E-state index contributed by atoms with van der Waals surface area (Å²) in [6.45, 7) is 4.22. The molecule has 0 N–H and O–H groups in total. The monoisotopic (exact) mass is 808 g/mol. The molecule has 0 aliphatic heterocycles. The van der Waals surface area contributed by atoms with Crippen molar-refractivity contribution in [3.05, 3.63) is 194 Å². The Morgan fingerprint density at radius 1 is 0.367 bits per heavy atom. The van der Waals surface area contributed by atoms with E-state index in [-0.39, 0.29) is 0 Å². The summed E-state index contributed by atoms with van der Waals surface area (Å²) < 4.78 is 4.54. The van der Waals surface area contributed by atoms with Crippen LogP contribution in [-0.4, -0.2) is 29.1 Å². The molecule has 0 bridgehead atoms. The minimum atomic E-state index is 0.833. The van der Waals surface area contributed by atoms with Gasteiger partial charge in [-0.2, -0.15) is 0 Å². The summed E-state index contributed by atoms with van der Waals surface area (Å²) in [5.41, 5.74) is 10.7. The van der Waals surface area contributed by atoms with Crippen LogP contribution in [-0.2, 0) is 0 Å². The van der Waals surface area contributed by atoms with Crippen molar-refractivity contribution in [2.24, 2.45) is 0 Å². The summed E-state index contributed by atoms with van der Waals surface area (Å²) in [6, 6.07) is 56.0. The molecule has 6 aromatic carbocycles. The molecule has 0 fully saturated rings. The van der Waals surface area contributed by atoms with Crippen LogP contribution in [0.25, 0.3) is 77.8 Å². The maximum Gasteiger partial charge on any atom is 0.137 e. The third-order valence-corrected chi connectivity index (χ3v) is 12.9. The normalized spacial score (nSPS) is 11.6. The van der Waals surface area contributed by atoms with Crippen molar-refractivity contribution in [2.45, 2.75) is 33.4 Å². The van der Waals surface area contributed by atoms with Crippen molar-refractivity contribution in [1.82, 2.24) is 29.1 Å². The third-order valence-electron chi connectivity index (χ3n) is 10.9. The van der Waals surface area contributed by atoms with Crippen molar-refractivity contribution < 1.29 is 0 Å². The van der Waals surface area contributed by atoms with Gasteiger partial charge in [-0.1, -0.05) is 96.3 Å². The number of hydrogen-bond acceptors (Lipinski definition) is 6. The van der Waals surface area contributed by atoms with Crippen LogP contribution in [0.1, 0.15) is 11.1 Å². The van der Waals surface area contributed by atoms with E-state index in [1.807, 2.05) is 36.9 Å². The highest BCUT2D eigenvalue weighted by Gasteiger charge is 2.16. The summed E-state index contributed by atoms with van der Waals surface area (Å²) in [5, 5.41) is 4.86. The largest absolute Gasteiger partial charge is 0.294 e. The Kier molecular flexibility index (Phi) is 9.02. The van der Waals surface area contributed by atoms with Gasteiger partial charge in [-0.25, -0.2) is 9.97 Å². The predicted octanol–water partition coefficient (Wildman–Crippen LogP) is 13.7. The highest BCUT2D eigenvalue weighted by atomic mass is 32.2. The highest BCUT2D eigenvalue weighted by Crippen LogP contribution is 2.39. The van der Waals surface area contributed by atoms with E-state index in [0.29, 0.717) is 0 Å². The van der Waals surface area contributed by atoms with E-state index in [4.69, 9.17) is 19.9 Å². The fraction of sp³-hybridized carbons (Fsp3) is 0.0385. The molecule has 286 valence electrons. The van der Waals surface area contributed by atoms with E-state index in [9.17, 15) is 0 Å². The zero-order chi connectivity index (χ0) is 40.2. The number of benzene rings is 6. The van der Waals surface area contributed by atoms with E-state index < -0.39 is 0 Å². The fourth-order valence-electron chi connectivity index (χ4n) is 8.14. The van der Waals surface area contributed by atoms with Crippen LogP contribution < -0.4 is 0 Å². The first-order valence-corrected chi connectivity index (χ1v) is 21.5. The number of para-hydroxylation sites is 2. The quantitative estimate of drug-likeness (QED) is 0.152. The number of rotatable bonds is 8. The third kappa shape index (κ3) is 6.60. The molecule has 11 rings (SSSR count). The second-order valence-electron chi connectivity index (χ2n) is 15.0. The Labute approximate surface area is 355 Å². The summed E-state index contributed by atoms with van der Waals surface area (Å²) in [6.07, 6.45) is 7.53. The molecule has 0 unspecified atom stereocenters. The van der Waals surface area contributed by atoms with Crippen LogP contribution in [0, 0.1) is 13.8 Å². The molecular weight excluding hydrogens is 773 g/mol. The standard InChI is InChI=1S/C52H36N6S2/c1-33-21-23-53-51(25-33)57-47-15-5-3-13-41(47)43-19-17-39(29-49(43)57)59-37-11-7-9-35(27-37)45-31-56-46(32-55-45)36-10-8-12-38(28-36)60-40-18-20-44-42-14-4-6-16-48(42)58(50(44)30-40)52-26-34(2)22-24-54-52/h3-32H,1-2H3. The Bertz CT molecular complexity index is 3190. The summed E-state index contributed by atoms with van der Waals surface area (Å²) in [4.78, 5) is 23.9. The molecule has 0 atom stereocenters. The molecule has 0 aliphatic carbocycles. The minimum Gasteiger partial charge on any atom is -0.294 e. The molecule has 8 heteroatoms. The van der Waals surface area contributed by atoms with Gasteiger partial charge >= 0.3 is 0 Å². The summed E-state index contributed by atoms with van der Waals surface area (Å²) in [7, 11) is 0. The average Bonchev–Trinajstić information content (AvgIpc) is 3.79. The molecule has 0 spiro atoms. The van der Waals surface area contributed by atoms with Crippen LogP contribution in [0.15, 0.2) is 202 Å². The molecule has 60 heavy (non-hydrogen) atoms. The maximum absolute atomic E-state index is 4.91. The lowest BCUT2D eigenvalue weighted by molar-refractivity contribution is 1.07. The molecule has 11 aromatic rings. The molecule has 0 aliphatic rings. The van der Waals surface area contributed by atoms with Crippen molar-refractivity contribution in [1.29, 1.82) is 0 Å². The molecule has 5 heterocycles. The van der Waals surface area contributed by atoms with Gasteiger partial charge in [0.05, 0.1) is 45.8 Å². The predicted molar refractivity (Wildman–Crippen MR) is 248 cm³/mol. The van der Waals surface area contributed by atoms with Crippen LogP contribution in [0.3, 0.4) is 0 Å². The number of hydrogen-bond donors (Lipinski definition) is 0. The van der Waals surface area contributed by atoms with Crippen LogP contribution >= 0.6 is 23.5 Å². The first-order valence-electron chi connectivity index (χ1n) is 19.8. The minimum absolute atomic E-state index is 0.833. The van der Waals surface area contributed by atoms with Gasteiger partial charge in [-0.3, -0.25) is 19.1 Å². The first-order chi connectivity index (χ1) is 29.5. The zero-order valence-corrected chi connectivity index (χ0v) is 34.5. The summed E-state index contributed by atoms with van der Waals surface area (Å²) in [5.74, 6) is 1.85. The van der Waals surface area contributed by atoms with Gasteiger partial charge in [0, 0.05) is 64.6 Å². The van der Waals surface area contributed by atoms with Gasteiger partial charge in [0.2, 0.25) is 0 Å². The van der Waals surface area contributed by atoms with Gasteiger partial charge in [0.15, 0.2) is 0 Å². The van der Waals surface area contributed by atoms with Gasteiger partial charge in [0.25, 0.3) is 0 Å². The van der Waals surface area contributed by atoms with Gasteiger partial charge < -0.3 is 0 Å². The first kappa shape index (κ1) is 36.1. The van der Waals surface area contributed by atoms with Crippen molar-refractivity contribution in [3.8, 4) is 34.2 Å². The second kappa shape index (κ2) is 15.0. The Morgan fingerprint density at radius 2 is 0.800 bits per heavy atom. The fourth-order valence-corrected chi connectivity index (χ4v) is 9.97. The topological polar surface area (TPSA) is 61.4 Å². The lowest BCUT2D eigenvalue weighted by atomic mass is 10.1. The molecule has 5 aromatic heterocycles. The number of aryl methyl sites for hydroxylation is 2. The second-order valence-corrected chi connectivity index (χ2v) is 17.3. The number of nitrogens with zero attached hydrogens (tertiary/aromatic N) is 6. The Morgan fingerprint density at radius 3 is 1.25 bits per heavy atom. The van der Waals surface area contributed by atoms with E-state index in [2.05, 4.69) is 169 Å². The summed E-state index contributed by atoms with van der Waals surface area (Å²) >= 11 is 3.49. The average molecular weight is 809 g/mol. The number of fused-ring (bicyclic) bond motifs is 6. The van der Waals surface area contributed by atoms with Gasteiger partial charge in [-0.05, 0) is 110 Å². The van der Waals surface area contributed by atoms with E-state index in [1.165, 1.54) is 32.7 Å². The van der Waals surface area contributed by atoms with E-state index >= 15 is 0 Å². The SMILES string of the molecule is Cc1ccnc(-n2c3ccccc3c3ccc(Sc4cccc(-c5cnc(-c6cccc(Sc7ccc8c9ccccc9n(-c9cc(C)ccn9)c8c7)c6)cn5)c4)cc32)c1. The Balaban J connectivity index is 0.851. The maximum atomic E-state index is 4.91. The van der Waals surface area contributed by atoms with Crippen molar-refractivity contribution in [2.75, 3.05) is 0 Å². The van der Waals surface area contributed by atoms with E-state index in [0.717, 1.165) is 75.8 Å². The molecule has 0 saturated heterocycles. The number of aromatic nitrogens is 6. The zero-order valence-electron chi connectivity index (χ0n) is 32.8. The van der Waals surface area contributed by atoms with Gasteiger partial charge in [-0.15, -0.1) is 0 Å². The number of pyridine rings is 2. The Hall–Kier alpha value is -7.00. The molecular formula is C52H36N6S2. The molecule has 6 nitrogen and oxygen atoms in total. The van der Waals surface area contributed by atoms with Crippen LogP contribution in [0.2, 0.25) is 0 Å². The highest BCUT2D eigenvalue weighted by molar-refractivity contribution is 7.99.